The molecule has 0 amide bonds. The fraction of sp³-hybridized carbons (Fsp3) is 0.308. The summed E-state index contributed by atoms with van der Waals surface area (Å²) in [6.45, 7) is 7.54. The molecular weight excluding hydrogens is 202 g/mol. The highest BCUT2D eigenvalue weighted by Crippen LogP contribution is 2.35. The number of carboxylic acid groups (broad SMARTS) is 1. The van der Waals surface area contributed by atoms with E-state index in [0.29, 0.717) is 0 Å². The maximum Gasteiger partial charge on any atom is 0.321 e. The van der Waals surface area contributed by atoms with Gasteiger partial charge >= 0.3 is 5.97 Å². The summed E-state index contributed by atoms with van der Waals surface area (Å²) in [4.78, 5) is 10.9. The van der Waals surface area contributed by atoms with Crippen molar-refractivity contribution in [1.82, 2.24) is 0 Å². The Bertz CT molecular complexity index is 396. The molecule has 1 rings (SSSR count). The quantitative estimate of drug-likeness (QED) is 0.815. The first-order valence-corrected chi connectivity index (χ1v) is 5.10. The van der Waals surface area contributed by atoms with Crippen molar-refractivity contribution in [2.24, 2.45) is 11.1 Å². The van der Waals surface area contributed by atoms with Gasteiger partial charge in [-0.2, -0.15) is 0 Å². The third-order valence-corrected chi connectivity index (χ3v) is 2.94. The molecule has 0 radical (unpaired) electrons. The van der Waals surface area contributed by atoms with Gasteiger partial charge in [0.1, 0.15) is 6.04 Å². The molecule has 3 heteroatoms. The van der Waals surface area contributed by atoms with Crippen LogP contribution in [-0.2, 0) is 4.79 Å². The molecule has 0 aromatic heterocycles. The molecule has 0 saturated carbocycles. The molecule has 0 heterocycles. The highest BCUT2D eigenvalue weighted by atomic mass is 16.4. The van der Waals surface area contributed by atoms with Gasteiger partial charge in [0, 0.05) is 5.41 Å². The van der Waals surface area contributed by atoms with Gasteiger partial charge in [-0.15, -0.1) is 0 Å². The van der Waals surface area contributed by atoms with Gasteiger partial charge in [-0.1, -0.05) is 50.8 Å². The Morgan fingerprint density at radius 3 is 2.31 bits per heavy atom. The first kappa shape index (κ1) is 12.5. The molecule has 16 heavy (non-hydrogen) atoms. The summed E-state index contributed by atoms with van der Waals surface area (Å²) in [6, 6.07) is 8.53. The van der Waals surface area contributed by atoms with E-state index >= 15 is 0 Å². The summed E-state index contributed by atoms with van der Waals surface area (Å²) in [5.74, 6) is -1.01. The Balaban J connectivity index is 3.01. The molecule has 1 aromatic carbocycles. The van der Waals surface area contributed by atoms with Crippen LogP contribution in [0.2, 0.25) is 0 Å². The van der Waals surface area contributed by atoms with Gasteiger partial charge in [-0.25, -0.2) is 0 Å². The van der Waals surface area contributed by atoms with Crippen LogP contribution in [0.4, 0.5) is 0 Å². The lowest BCUT2D eigenvalue weighted by Gasteiger charge is -2.31. The lowest BCUT2D eigenvalue weighted by molar-refractivity contribution is -0.140. The minimum absolute atomic E-state index is 0.673. The summed E-state index contributed by atoms with van der Waals surface area (Å²) >= 11 is 0. The zero-order valence-corrected chi connectivity index (χ0v) is 9.60. The van der Waals surface area contributed by atoms with Gasteiger partial charge < -0.3 is 10.8 Å². The highest BCUT2D eigenvalue weighted by molar-refractivity contribution is 5.80. The number of benzene rings is 1. The summed E-state index contributed by atoms with van der Waals surface area (Å²) in [6.07, 6.45) is 0. The van der Waals surface area contributed by atoms with Crippen molar-refractivity contribution in [2.45, 2.75) is 19.9 Å². The van der Waals surface area contributed by atoms with E-state index < -0.39 is 17.4 Å². The molecule has 0 spiro atoms. The zero-order chi connectivity index (χ0) is 12.3. The van der Waals surface area contributed by atoms with Gasteiger partial charge in [0.05, 0.1) is 0 Å². The third-order valence-electron chi connectivity index (χ3n) is 2.94. The van der Waals surface area contributed by atoms with Crippen molar-refractivity contribution in [3.8, 4) is 0 Å². The maximum atomic E-state index is 10.9. The van der Waals surface area contributed by atoms with Crippen LogP contribution in [0.3, 0.4) is 0 Å². The fourth-order valence-electron chi connectivity index (χ4n) is 1.51. The van der Waals surface area contributed by atoms with Gasteiger partial charge in [0.2, 0.25) is 0 Å². The van der Waals surface area contributed by atoms with E-state index in [1.807, 2.05) is 30.3 Å². The molecule has 3 N–H and O–H groups in total. The van der Waals surface area contributed by atoms with Crippen LogP contribution in [0.15, 0.2) is 36.9 Å². The minimum atomic E-state index is -1.01. The number of rotatable bonds is 4. The summed E-state index contributed by atoms with van der Waals surface area (Å²) in [5, 5.41) is 8.95. The second-order valence-electron chi connectivity index (χ2n) is 4.38. The fourth-order valence-corrected chi connectivity index (χ4v) is 1.51. The van der Waals surface area contributed by atoms with Crippen molar-refractivity contribution in [1.29, 1.82) is 0 Å². The molecule has 0 unspecified atom stereocenters. The Morgan fingerprint density at radius 2 is 1.88 bits per heavy atom. The Morgan fingerprint density at radius 1 is 1.38 bits per heavy atom. The van der Waals surface area contributed by atoms with E-state index in [1.54, 1.807) is 13.8 Å². The van der Waals surface area contributed by atoms with E-state index in [0.717, 1.165) is 11.1 Å². The normalized spacial score (nSPS) is 13.2. The molecule has 3 nitrogen and oxygen atoms in total. The predicted octanol–water partition coefficient (Wildman–Crippen LogP) is 2.14. The molecule has 86 valence electrons. The van der Waals surface area contributed by atoms with E-state index in [9.17, 15) is 4.79 Å². The van der Waals surface area contributed by atoms with Crippen molar-refractivity contribution in [3.05, 3.63) is 42.5 Å². The molecule has 1 atom stereocenters. The summed E-state index contributed by atoms with van der Waals surface area (Å²) in [5.41, 5.74) is 6.66. The van der Waals surface area contributed by atoms with Crippen molar-refractivity contribution in [2.75, 3.05) is 0 Å². The van der Waals surface area contributed by atoms with Crippen molar-refractivity contribution < 1.29 is 9.90 Å². The molecular formula is C13H17NO2. The smallest absolute Gasteiger partial charge is 0.321 e. The molecule has 0 saturated heterocycles. The van der Waals surface area contributed by atoms with Crippen LogP contribution in [0.25, 0.3) is 5.57 Å². The van der Waals surface area contributed by atoms with Crippen LogP contribution in [0, 0.1) is 5.41 Å². The van der Waals surface area contributed by atoms with Crippen LogP contribution < -0.4 is 5.73 Å². The van der Waals surface area contributed by atoms with E-state index in [1.165, 1.54) is 0 Å². The van der Waals surface area contributed by atoms with Gasteiger partial charge in [-0.05, 0) is 11.1 Å². The Labute approximate surface area is 95.6 Å². The minimum Gasteiger partial charge on any atom is -0.480 e. The first-order valence-electron chi connectivity index (χ1n) is 5.10. The van der Waals surface area contributed by atoms with Gasteiger partial charge in [-0.3, -0.25) is 4.79 Å². The number of hydrogen-bond acceptors (Lipinski definition) is 2. The van der Waals surface area contributed by atoms with E-state index in [-0.39, 0.29) is 0 Å². The zero-order valence-electron chi connectivity index (χ0n) is 9.60. The van der Waals surface area contributed by atoms with Gasteiger partial charge in [0.15, 0.2) is 0 Å². The highest BCUT2D eigenvalue weighted by Gasteiger charge is 2.34. The molecule has 0 aliphatic heterocycles. The average Bonchev–Trinajstić information content (AvgIpc) is 2.28. The largest absolute Gasteiger partial charge is 0.480 e. The molecule has 1 aromatic rings. The maximum absolute atomic E-state index is 10.9. The lowest BCUT2D eigenvalue weighted by Crippen LogP contribution is -2.44. The van der Waals surface area contributed by atoms with Crippen LogP contribution in [0.1, 0.15) is 19.4 Å². The van der Waals surface area contributed by atoms with Crippen molar-refractivity contribution in [3.63, 3.8) is 0 Å². The average molecular weight is 219 g/mol. The Kier molecular flexibility index (Phi) is 3.50. The predicted molar refractivity (Wildman–Crippen MR) is 64.9 cm³/mol. The number of carbonyl (C=O) groups is 1. The molecule has 0 aliphatic carbocycles. The topological polar surface area (TPSA) is 63.3 Å². The van der Waals surface area contributed by atoms with Crippen LogP contribution >= 0.6 is 0 Å². The third kappa shape index (κ3) is 2.31. The number of aliphatic carboxylic acids is 1. The van der Waals surface area contributed by atoms with E-state index in [4.69, 9.17) is 10.8 Å². The second-order valence-corrected chi connectivity index (χ2v) is 4.38. The molecule has 0 fully saturated rings. The number of nitrogens with two attached hydrogens (primary N) is 1. The number of hydrogen-bond donors (Lipinski definition) is 2. The monoisotopic (exact) mass is 219 g/mol. The second kappa shape index (κ2) is 4.49. The SMILES string of the molecule is C=C(c1ccccc1)C(C)(C)[C@H](N)C(=O)O. The first-order chi connectivity index (χ1) is 7.37. The van der Waals surface area contributed by atoms with Crippen LogP contribution in [0.5, 0.6) is 0 Å². The molecule has 0 bridgehead atoms. The summed E-state index contributed by atoms with van der Waals surface area (Å²) in [7, 11) is 0. The standard InChI is InChI=1S/C13H17NO2/c1-9(10-7-5-4-6-8-10)13(2,3)11(14)12(15)16/h4-8,11H,1,14H2,2-3H3,(H,15,16)/t11-/m1/s1. The van der Waals surface area contributed by atoms with Gasteiger partial charge in [0.25, 0.3) is 0 Å². The number of carboxylic acids is 1. The van der Waals surface area contributed by atoms with E-state index in [2.05, 4.69) is 6.58 Å². The summed E-state index contributed by atoms with van der Waals surface area (Å²) < 4.78 is 0. The van der Waals surface area contributed by atoms with Crippen LogP contribution in [-0.4, -0.2) is 17.1 Å². The van der Waals surface area contributed by atoms with Crippen molar-refractivity contribution >= 4 is 11.5 Å². The Hall–Kier alpha value is -1.61. The molecule has 0 aliphatic rings. The lowest BCUT2D eigenvalue weighted by atomic mass is 9.75.